The average Bonchev–Trinajstić information content (AvgIpc) is 2.19. The van der Waals surface area contributed by atoms with Crippen LogP contribution < -0.4 is 0 Å². The molecule has 84 valence electrons. The maximum atomic E-state index is 10.5. The Labute approximate surface area is 89.4 Å². The van der Waals surface area contributed by atoms with Crippen LogP contribution in [0.25, 0.3) is 0 Å². The molecule has 0 radical (unpaired) electrons. The van der Waals surface area contributed by atoms with Gasteiger partial charge < -0.3 is 0 Å². The van der Waals surface area contributed by atoms with Crippen LogP contribution in [0.15, 0.2) is 0 Å². The SMILES string of the molecule is C[O][Ti]([CH2]CCOC(C)=O)([O]C)[O]C. The number of hydrogen-bond donors (Lipinski definition) is 0. The van der Waals surface area contributed by atoms with Gasteiger partial charge in [0.1, 0.15) is 0 Å². The summed E-state index contributed by atoms with van der Waals surface area (Å²) in [6, 6.07) is 0. The normalized spacial score (nSPS) is 11.4. The van der Waals surface area contributed by atoms with Crippen LogP contribution in [0.1, 0.15) is 13.3 Å². The summed E-state index contributed by atoms with van der Waals surface area (Å²) in [5, 5.41) is 0. The molecule has 0 unspecified atom stereocenters. The molecule has 0 aliphatic heterocycles. The Hall–Kier alpha value is 0.0643. The van der Waals surface area contributed by atoms with Crippen molar-refractivity contribution in [1.82, 2.24) is 0 Å². The third kappa shape index (κ3) is 5.07. The fourth-order valence-electron chi connectivity index (χ4n) is 1.06. The van der Waals surface area contributed by atoms with Crippen molar-refractivity contribution in [2.75, 3.05) is 27.9 Å². The van der Waals surface area contributed by atoms with E-state index in [-0.39, 0.29) is 5.97 Å². The van der Waals surface area contributed by atoms with Crippen molar-refractivity contribution in [3.05, 3.63) is 0 Å². The van der Waals surface area contributed by atoms with Gasteiger partial charge in [0, 0.05) is 0 Å². The Morgan fingerprint density at radius 1 is 1.14 bits per heavy atom. The molecule has 0 aromatic carbocycles. The van der Waals surface area contributed by atoms with E-state index < -0.39 is 17.8 Å². The van der Waals surface area contributed by atoms with E-state index in [1.54, 1.807) is 21.3 Å². The zero-order chi connectivity index (χ0) is 11.0. The second-order valence-electron chi connectivity index (χ2n) is 2.74. The van der Waals surface area contributed by atoms with E-state index in [1.807, 2.05) is 0 Å². The summed E-state index contributed by atoms with van der Waals surface area (Å²) in [6.45, 7) is 1.77. The summed E-state index contributed by atoms with van der Waals surface area (Å²) in [7, 11) is 4.75. The number of carbonyl (C=O) groups excluding carboxylic acids is 1. The summed E-state index contributed by atoms with van der Waals surface area (Å²) >= 11 is -2.99. The molecule has 0 amide bonds. The van der Waals surface area contributed by atoms with E-state index in [2.05, 4.69) is 0 Å². The summed E-state index contributed by atoms with van der Waals surface area (Å²) in [6.07, 6.45) is 0.703. The van der Waals surface area contributed by atoms with Crippen molar-refractivity contribution >= 4 is 5.97 Å². The number of rotatable bonds is 7. The Morgan fingerprint density at radius 3 is 2.00 bits per heavy atom. The van der Waals surface area contributed by atoms with Gasteiger partial charge >= 0.3 is 89.2 Å². The van der Waals surface area contributed by atoms with Gasteiger partial charge in [0.05, 0.1) is 0 Å². The Balaban J connectivity index is 3.77. The van der Waals surface area contributed by atoms with Crippen molar-refractivity contribution in [1.29, 1.82) is 0 Å². The van der Waals surface area contributed by atoms with Crippen LogP contribution in [0.2, 0.25) is 4.73 Å². The second kappa shape index (κ2) is 7.37. The molecule has 0 aromatic heterocycles. The molecule has 0 saturated heterocycles. The topological polar surface area (TPSA) is 54.0 Å². The van der Waals surface area contributed by atoms with Crippen LogP contribution in [-0.4, -0.2) is 33.9 Å². The first-order valence-electron chi connectivity index (χ1n) is 4.39. The molecule has 6 heteroatoms. The fraction of sp³-hybridized carbons (Fsp3) is 0.875. The standard InChI is InChI=1S/C5H9O2.3CH3O.Ti/c1-3-4-7-5(2)6;3*1-2;/h1,3-4H2,2H3;3*1H3;/q;3*-1;+3. The molecule has 0 aromatic rings. The van der Waals surface area contributed by atoms with E-state index >= 15 is 0 Å². The van der Waals surface area contributed by atoms with Gasteiger partial charge in [-0.1, -0.05) is 0 Å². The first-order valence-corrected chi connectivity index (χ1v) is 7.40. The van der Waals surface area contributed by atoms with Crippen molar-refractivity contribution < 1.29 is 37.2 Å². The molecule has 0 spiro atoms. The van der Waals surface area contributed by atoms with E-state index in [4.69, 9.17) is 14.7 Å². The van der Waals surface area contributed by atoms with Crippen LogP contribution in [0.5, 0.6) is 0 Å². The summed E-state index contributed by atoms with van der Waals surface area (Å²) in [4.78, 5) is 10.5. The zero-order valence-electron chi connectivity index (χ0n) is 9.16. The van der Waals surface area contributed by atoms with Gasteiger partial charge in [-0.2, -0.15) is 0 Å². The van der Waals surface area contributed by atoms with E-state index in [0.717, 1.165) is 0 Å². The maximum absolute atomic E-state index is 10.5. The van der Waals surface area contributed by atoms with Gasteiger partial charge in [-0.25, -0.2) is 0 Å². The Morgan fingerprint density at radius 2 is 1.64 bits per heavy atom. The second-order valence-corrected chi connectivity index (χ2v) is 7.57. The third-order valence-electron chi connectivity index (χ3n) is 1.87. The molecule has 0 fully saturated rings. The third-order valence-corrected chi connectivity index (χ3v) is 6.29. The predicted octanol–water partition coefficient (Wildman–Crippen LogP) is 1.20. The van der Waals surface area contributed by atoms with Crippen molar-refractivity contribution in [3.63, 3.8) is 0 Å². The van der Waals surface area contributed by atoms with Crippen LogP contribution in [-0.2, 0) is 37.2 Å². The monoisotopic (exact) mass is 242 g/mol. The molecule has 0 atom stereocenters. The first kappa shape index (κ1) is 14.1. The van der Waals surface area contributed by atoms with Crippen LogP contribution in [0.3, 0.4) is 0 Å². The number of esters is 1. The van der Waals surface area contributed by atoms with Gasteiger partial charge in [0.25, 0.3) is 0 Å². The molecule has 0 aliphatic rings. The van der Waals surface area contributed by atoms with Crippen LogP contribution >= 0.6 is 0 Å². The van der Waals surface area contributed by atoms with Crippen molar-refractivity contribution in [3.8, 4) is 0 Å². The van der Waals surface area contributed by atoms with E-state index in [9.17, 15) is 4.79 Å². The van der Waals surface area contributed by atoms with E-state index in [0.29, 0.717) is 17.8 Å². The average molecular weight is 242 g/mol. The number of hydrogen-bond acceptors (Lipinski definition) is 5. The van der Waals surface area contributed by atoms with Gasteiger partial charge in [0.15, 0.2) is 0 Å². The van der Waals surface area contributed by atoms with Gasteiger partial charge in [0.2, 0.25) is 0 Å². The predicted molar refractivity (Wildman–Crippen MR) is 47.1 cm³/mol. The van der Waals surface area contributed by atoms with Gasteiger partial charge in [-0.15, -0.1) is 0 Å². The molecule has 0 aliphatic carbocycles. The van der Waals surface area contributed by atoms with Gasteiger partial charge in [-0.3, -0.25) is 0 Å². The summed E-state index contributed by atoms with van der Waals surface area (Å²) in [5.74, 6) is -0.268. The Kier molecular flexibility index (Phi) is 7.40. The van der Waals surface area contributed by atoms with Gasteiger partial charge in [-0.05, 0) is 0 Å². The van der Waals surface area contributed by atoms with E-state index in [1.165, 1.54) is 6.92 Å². The van der Waals surface area contributed by atoms with Crippen LogP contribution in [0, 0.1) is 0 Å². The molecular formula is C8H18O5Ti. The van der Waals surface area contributed by atoms with Crippen molar-refractivity contribution in [2.45, 2.75) is 18.1 Å². The summed E-state index contributed by atoms with van der Waals surface area (Å²) in [5.41, 5.74) is 0. The quantitative estimate of drug-likeness (QED) is 0.381. The molecule has 0 bridgehead atoms. The Bertz CT molecular complexity index is 161. The van der Waals surface area contributed by atoms with Crippen LogP contribution in [0.4, 0.5) is 0 Å². The molecule has 0 N–H and O–H groups in total. The fourth-order valence-corrected chi connectivity index (χ4v) is 3.70. The number of carbonyl (C=O) groups is 1. The minimum absolute atomic E-state index is 0.268. The molecule has 0 saturated carbocycles. The molecule has 5 nitrogen and oxygen atoms in total. The summed E-state index contributed by atoms with van der Waals surface area (Å²) < 4.78 is 21.2. The minimum atomic E-state index is -2.99. The van der Waals surface area contributed by atoms with Crippen molar-refractivity contribution in [2.24, 2.45) is 0 Å². The zero-order valence-corrected chi connectivity index (χ0v) is 10.7. The first-order chi connectivity index (χ1) is 6.60. The molecule has 0 rings (SSSR count). The number of ether oxygens (including phenoxy) is 1. The molecule has 0 heterocycles. The molecule has 14 heavy (non-hydrogen) atoms. The molecular weight excluding hydrogens is 224 g/mol.